The minimum Gasteiger partial charge on any atom is -0.623 e. The highest BCUT2D eigenvalue weighted by molar-refractivity contribution is 5.75. The van der Waals surface area contributed by atoms with E-state index < -0.39 is 5.54 Å². The van der Waals surface area contributed by atoms with Crippen LogP contribution in [0.4, 0.5) is 0 Å². The fourth-order valence-corrected chi connectivity index (χ4v) is 0.889. The van der Waals surface area contributed by atoms with E-state index in [0.717, 1.165) is 10.3 Å². The average Bonchev–Trinajstić information content (AvgIpc) is 2.07. The van der Waals surface area contributed by atoms with Crippen LogP contribution in [-0.4, -0.2) is 21.6 Å². The summed E-state index contributed by atoms with van der Waals surface area (Å²) in [4.78, 5) is 0. The lowest BCUT2D eigenvalue weighted by Crippen LogP contribution is -2.29. The fourth-order valence-electron chi connectivity index (χ4n) is 0.889. The Kier molecular flexibility index (Phi) is 2.79. The summed E-state index contributed by atoms with van der Waals surface area (Å²) in [5, 5.41) is 20.6. The van der Waals surface area contributed by atoms with Gasteiger partial charge in [0.2, 0.25) is 0 Å². The van der Waals surface area contributed by atoms with Gasteiger partial charge in [0, 0.05) is 26.3 Å². The molecule has 1 aromatic carbocycles. The number of hydroxylamine groups is 1. The third-order valence-corrected chi connectivity index (χ3v) is 1.82. The molecule has 3 heteroatoms. The van der Waals surface area contributed by atoms with E-state index in [1.165, 1.54) is 6.21 Å². The van der Waals surface area contributed by atoms with Crippen molar-refractivity contribution >= 4 is 6.21 Å². The van der Waals surface area contributed by atoms with Crippen molar-refractivity contribution in [2.45, 2.75) is 26.3 Å². The van der Waals surface area contributed by atoms with E-state index in [-0.39, 0.29) is 5.75 Å². The number of phenols is 1. The van der Waals surface area contributed by atoms with Gasteiger partial charge in [0.25, 0.3) is 0 Å². The Bertz CT molecular complexity index is 333. The predicted molar refractivity (Wildman–Crippen MR) is 56.7 cm³/mol. The summed E-state index contributed by atoms with van der Waals surface area (Å²) < 4.78 is 0.902. The van der Waals surface area contributed by atoms with Gasteiger partial charge < -0.3 is 10.3 Å². The van der Waals surface area contributed by atoms with Crippen molar-refractivity contribution in [3.05, 3.63) is 35.0 Å². The molecule has 0 heterocycles. The van der Waals surface area contributed by atoms with Crippen LogP contribution in [0.3, 0.4) is 0 Å². The van der Waals surface area contributed by atoms with Crippen LogP contribution < -0.4 is 0 Å². The highest BCUT2D eigenvalue weighted by atomic mass is 16.5. The third-order valence-electron chi connectivity index (χ3n) is 1.82. The van der Waals surface area contributed by atoms with Crippen LogP contribution in [0.15, 0.2) is 24.3 Å². The molecule has 0 atom stereocenters. The third kappa shape index (κ3) is 2.76. The molecule has 14 heavy (non-hydrogen) atoms. The van der Waals surface area contributed by atoms with Gasteiger partial charge in [0.15, 0.2) is 11.8 Å². The maximum atomic E-state index is 11.5. The lowest BCUT2D eigenvalue weighted by molar-refractivity contribution is -0.530. The summed E-state index contributed by atoms with van der Waals surface area (Å²) in [6.45, 7) is 5.53. The molecule has 0 aromatic heterocycles. The molecule has 0 radical (unpaired) electrons. The molecule has 1 rings (SSSR count). The number of rotatable bonds is 1. The minimum atomic E-state index is -0.433. The van der Waals surface area contributed by atoms with E-state index in [0.29, 0.717) is 0 Å². The zero-order valence-electron chi connectivity index (χ0n) is 8.69. The van der Waals surface area contributed by atoms with Crippen molar-refractivity contribution in [3.8, 4) is 5.75 Å². The van der Waals surface area contributed by atoms with Gasteiger partial charge in [-0.15, -0.1) is 0 Å². The lowest BCUT2D eigenvalue weighted by Gasteiger charge is -2.18. The maximum Gasteiger partial charge on any atom is 0.182 e. The van der Waals surface area contributed by atoms with Gasteiger partial charge in [0.05, 0.1) is 0 Å². The minimum absolute atomic E-state index is 0.204. The van der Waals surface area contributed by atoms with Crippen molar-refractivity contribution in [2.75, 3.05) is 0 Å². The van der Waals surface area contributed by atoms with Crippen LogP contribution in [0.5, 0.6) is 5.75 Å². The van der Waals surface area contributed by atoms with Crippen LogP contribution in [0.2, 0.25) is 0 Å². The molecule has 0 aliphatic heterocycles. The van der Waals surface area contributed by atoms with Crippen molar-refractivity contribution in [3.63, 3.8) is 0 Å². The second-order valence-electron chi connectivity index (χ2n) is 4.22. The first-order valence-electron chi connectivity index (χ1n) is 4.50. The second-order valence-corrected chi connectivity index (χ2v) is 4.22. The molecule has 0 aliphatic rings. The largest absolute Gasteiger partial charge is 0.623 e. The monoisotopic (exact) mass is 193 g/mol. The quantitative estimate of drug-likeness (QED) is 0.321. The van der Waals surface area contributed by atoms with Crippen molar-refractivity contribution in [1.29, 1.82) is 0 Å². The van der Waals surface area contributed by atoms with E-state index in [1.807, 2.05) is 20.8 Å². The summed E-state index contributed by atoms with van der Waals surface area (Å²) in [6, 6.07) is 6.52. The van der Waals surface area contributed by atoms with Crippen LogP contribution in [-0.2, 0) is 0 Å². The first-order chi connectivity index (χ1) is 6.39. The summed E-state index contributed by atoms with van der Waals surface area (Å²) in [7, 11) is 0. The molecule has 1 aromatic rings. The Balaban J connectivity index is 2.93. The van der Waals surface area contributed by atoms with Crippen LogP contribution in [0.25, 0.3) is 0 Å². The number of benzene rings is 1. The van der Waals surface area contributed by atoms with Gasteiger partial charge in [-0.2, -0.15) is 0 Å². The molecule has 0 unspecified atom stereocenters. The smallest absolute Gasteiger partial charge is 0.182 e. The first-order valence-corrected chi connectivity index (χ1v) is 4.50. The number of hydrogen-bond donors (Lipinski definition) is 1. The van der Waals surface area contributed by atoms with Gasteiger partial charge in [-0.3, -0.25) is 0 Å². The van der Waals surface area contributed by atoms with Gasteiger partial charge in [-0.25, -0.2) is 4.74 Å². The highest BCUT2D eigenvalue weighted by Gasteiger charge is 2.17. The van der Waals surface area contributed by atoms with Gasteiger partial charge in [-0.05, 0) is 24.3 Å². The summed E-state index contributed by atoms with van der Waals surface area (Å²) >= 11 is 0. The molecule has 0 spiro atoms. The van der Waals surface area contributed by atoms with Crippen LogP contribution in [0.1, 0.15) is 26.3 Å². The number of hydrogen-bond acceptors (Lipinski definition) is 2. The van der Waals surface area contributed by atoms with E-state index in [4.69, 9.17) is 5.11 Å². The van der Waals surface area contributed by atoms with Crippen LogP contribution >= 0.6 is 0 Å². The van der Waals surface area contributed by atoms with Crippen molar-refractivity contribution in [1.82, 2.24) is 0 Å². The Morgan fingerprint density at radius 2 is 1.71 bits per heavy atom. The normalized spacial score (nSPS) is 12.9. The molecule has 76 valence electrons. The van der Waals surface area contributed by atoms with Gasteiger partial charge in [-0.1, -0.05) is 0 Å². The highest BCUT2D eigenvalue weighted by Crippen LogP contribution is 2.10. The van der Waals surface area contributed by atoms with E-state index in [9.17, 15) is 5.21 Å². The zero-order chi connectivity index (χ0) is 10.8. The van der Waals surface area contributed by atoms with Gasteiger partial charge >= 0.3 is 0 Å². The number of phenolic OH excluding ortho intramolecular Hbond substituents is 1. The summed E-state index contributed by atoms with van der Waals surface area (Å²) in [6.07, 6.45) is 1.51. The zero-order valence-corrected chi connectivity index (χ0v) is 8.69. The summed E-state index contributed by atoms with van der Waals surface area (Å²) in [5.41, 5.74) is 0.352. The standard InChI is InChI=1S/C11H15NO2/c1-11(2,3)12(14)8-9-4-6-10(13)7-5-9/h4-8,13H,1-3H3/b12-8-. The van der Waals surface area contributed by atoms with E-state index >= 15 is 0 Å². The molecule has 0 amide bonds. The number of aromatic hydroxyl groups is 1. The predicted octanol–water partition coefficient (Wildman–Crippen LogP) is 2.12. The Morgan fingerprint density at radius 3 is 2.14 bits per heavy atom. The Morgan fingerprint density at radius 1 is 1.21 bits per heavy atom. The molecule has 0 saturated carbocycles. The van der Waals surface area contributed by atoms with E-state index in [1.54, 1.807) is 24.3 Å². The SMILES string of the molecule is CC(C)(C)/[N+]([O-])=C/c1ccc(O)cc1. The Hall–Kier alpha value is -1.51. The first kappa shape index (κ1) is 10.6. The molecular weight excluding hydrogens is 178 g/mol. The Labute approximate surface area is 83.9 Å². The molecule has 0 saturated heterocycles. The van der Waals surface area contributed by atoms with Crippen LogP contribution in [0, 0.1) is 5.21 Å². The summed E-state index contributed by atoms with van der Waals surface area (Å²) in [5.74, 6) is 0.204. The molecule has 0 aliphatic carbocycles. The van der Waals surface area contributed by atoms with Crippen molar-refractivity contribution in [2.24, 2.45) is 0 Å². The molecular formula is C11H15NO2. The lowest BCUT2D eigenvalue weighted by atomic mass is 10.1. The molecule has 0 fully saturated rings. The van der Waals surface area contributed by atoms with Gasteiger partial charge in [0.1, 0.15) is 5.75 Å². The van der Waals surface area contributed by atoms with E-state index in [2.05, 4.69) is 0 Å². The molecule has 1 N–H and O–H groups in total. The molecule has 3 nitrogen and oxygen atoms in total. The maximum absolute atomic E-state index is 11.5. The van der Waals surface area contributed by atoms with Crippen molar-refractivity contribution < 1.29 is 9.85 Å². The number of nitrogens with zero attached hydrogens (tertiary/aromatic N) is 1. The second kappa shape index (κ2) is 3.70. The topological polar surface area (TPSA) is 46.3 Å². The average molecular weight is 193 g/mol. The fraction of sp³-hybridized carbons (Fsp3) is 0.364. The molecule has 0 bridgehead atoms.